The molecule has 8 rings (SSSR count). The van der Waals surface area contributed by atoms with E-state index in [2.05, 4.69) is 94.4 Å². The summed E-state index contributed by atoms with van der Waals surface area (Å²) < 4.78 is 0. The second-order valence-electron chi connectivity index (χ2n) is 12.1. The van der Waals surface area contributed by atoms with Crippen molar-refractivity contribution in [3.63, 3.8) is 0 Å². The quantitative estimate of drug-likeness (QED) is 0.236. The van der Waals surface area contributed by atoms with Gasteiger partial charge in [-0.25, -0.2) is 15.0 Å². The van der Waals surface area contributed by atoms with Crippen LogP contribution in [0.5, 0.6) is 0 Å². The molecule has 0 spiro atoms. The van der Waals surface area contributed by atoms with Crippen molar-refractivity contribution in [3.8, 4) is 45.3 Å². The Morgan fingerprint density at radius 1 is 0.425 bits per heavy atom. The number of hydrogen-bond donors (Lipinski definition) is 0. The largest absolute Gasteiger partial charge is 0.208 e. The van der Waals surface area contributed by atoms with Gasteiger partial charge in [-0.15, -0.1) is 0 Å². The van der Waals surface area contributed by atoms with E-state index in [0.717, 1.165) is 16.7 Å². The molecule has 0 aliphatic heterocycles. The van der Waals surface area contributed by atoms with Crippen LogP contribution in [-0.2, 0) is 10.8 Å². The van der Waals surface area contributed by atoms with Crippen molar-refractivity contribution in [2.75, 3.05) is 0 Å². The topological polar surface area (TPSA) is 38.7 Å². The zero-order valence-electron chi connectivity index (χ0n) is 23.2. The third-order valence-corrected chi connectivity index (χ3v) is 9.08. The first-order chi connectivity index (χ1) is 19.3. The number of nitrogens with zero attached hydrogens (tertiary/aromatic N) is 3. The van der Waals surface area contributed by atoms with E-state index in [-0.39, 0.29) is 10.8 Å². The minimum absolute atomic E-state index is 0.130. The van der Waals surface area contributed by atoms with Crippen LogP contribution in [0.25, 0.3) is 56.1 Å². The van der Waals surface area contributed by atoms with Crippen molar-refractivity contribution >= 4 is 10.8 Å². The zero-order chi connectivity index (χ0) is 27.2. The van der Waals surface area contributed by atoms with E-state index in [9.17, 15) is 0 Å². The SMILES string of the molecule is CC1(C)c2cc(-c3nc(-c4ccccc4)nc(-c4ccccc4)n3)cc3c2-c2c1ccc1cccc(c21)C3(C)C. The van der Waals surface area contributed by atoms with E-state index in [0.29, 0.717) is 17.5 Å². The summed E-state index contributed by atoms with van der Waals surface area (Å²) in [5.74, 6) is 2.08. The molecule has 0 atom stereocenters. The number of aromatic nitrogens is 3. The van der Waals surface area contributed by atoms with Gasteiger partial charge in [-0.05, 0) is 56.3 Å². The van der Waals surface area contributed by atoms with Gasteiger partial charge in [0.2, 0.25) is 0 Å². The summed E-state index contributed by atoms with van der Waals surface area (Å²) in [4.78, 5) is 15.1. The lowest BCUT2D eigenvalue weighted by Gasteiger charge is -2.35. The molecule has 40 heavy (non-hydrogen) atoms. The number of hydrogen-bond acceptors (Lipinski definition) is 3. The van der Waals surface area contributed by atoms with Crippen molar-refractivity contribution in [1.82, 2.24) is 15.0 Å². The number of rotatable bonds is 3. The van der Waals surface area contributed by atoms with Gasteiger partial charge >= 0.3 is 0 Å². The van der Waals surface area contributed by atoms with Crippen molar-refractivity contribution in [1.29, 1.82) is 0 Å². The summed E-state index contributed by atoms with van der Waals surface area (Å²) in [7, 11) is 0. The van der Waals surface area contributed by atoms with E-state index in [4.69, 9.17) is 15.0 Å². The fraction of sp³-hybridized carbons (Fsp3) is 0.162. The molecule has 0 amide bonds. The first-order valence-electron chi connectivity index (χ1n) is 14.0. The highest BCUT2D eigenvalue weighted by Crippen LogP contribution is 2.60. The Bertz CT molecular complexity index is 1930. The summed E-state index contributed by atoms with van der Waals surface area (Å²) in [6.45, 7) is 9.44. The lowest BCUT2D eigenvalue weighted by Crippen LogP contribution is -2.24. The molecule has 0 bridgehead atoms. The monoisotopic (exact) mass is 515 g/mol. The average Bonchev–Trinajstić information content (AvgIpc) is 3.23. The van der Waals surface area contributed by atoms with Gasteiger partial charge in [-0.2, -0.15) is 0 Å². The van der Waals surface area contributed by atoms with Crippen molar-refractivity contribution < 1.29 is 0 Å². The van der Waals surface area contributed by atoms with Gasteiger partial charge in [0.05, 0.1) is 0 Å². The van der Waals surface area contributed by atoms with Gasteiger partial charge in [0.25, 0.3) is 0 Å². The Morgan fingerprint density at radius 2 is 0.950 bits per heavy atom. The van der Waals surface area contributed by atoms with E-state index in [1.807, 2.05) is 36.4 Å². The summed E-state index contributed by atoms with van der Waals surface area (Å²) in [6.07, 6.45) is 0. The lowest BCUT2D eigenvalue weighted by molar-refractivity contribution is 0.639. The maximum atomic E-state index is 5.08. The molecule has 0 fully saturated rings. The maximum Gasteiger partial charge on any atom is 0.164 e. The van der Waals surface area contributed by atoms with Gasteiger partial charge in [0.1, 0.15) is 0 Å². The fourth-order valence-electron chi connectivity index (χ4n) is 6.93. The molecule has 1 aromatic heterocycles. The highest BCUT2D eigenvalue weighted by atomic mass is 15.0. The molecular weight excluding hydrogens is 486 g/mol. The molecule has 0 saturated carbocycles. The lowest BCUT2D eigenvalue weighted by atomic mass is 9.68. The standard InChI is InChI=1S/C37H29N3/c1-36(2)26-17-11-16-22-18-19-27-32(30(22)26)31-28(36)20-25(21-29(31)37(27,3)4)35-39-33(23-12-7-5-8-13-23)38-34(40-35)24-14-9-6-10-15-24/h5-21H,1-4H3. The van der Waals surface area contributed by atoms with Crippen LogP contribution in [0.2, 0.25) is 0 Å². The second kappa shape index (κ2) is 7.95. The van der Waals surface area contributed by atoms with Gasteiger partial charge in [-0.3, -0.25) is 0 Å². The molecule has 3 nitrogen and oxygen atoms in total. The molecule has 6 aromatic rings. The van der Waals surface area contributed by atoms with E-state index >= 15 is 0 Å². The molecule has 2 aliphatic carbocycles. The molecule has 1 heterocycles. The van der Waals surface area contributed by atoms with Crippen molar-refractivity contribution in [2.24, 2.45) is 0 Å². The predicted molar refractivity (Wildman–Crippen MR) is 163 cm³/mol. The average molecular weight is 516 g/mol. The third kappa shape index (κ3) is 3.09. The van der Waals surface area contributed by atoms with Crippen LogP contribution in [0.4, 0.5) is 0 Å². The summed E-state index contributed by atoms with van der Waals surface area (Å²) in [5.41, 5.74) is 11.0. The molecule has 192 valence electrons. The number of benzene rings is 5. The normalized spacial score (nSPS) is 15.4. The van der Waals surface area contributed by atoms with Crippen LogP contribution in [0.3, 0.4) is 0 Å². The summed E-state index contributed by atoms with van der Waals surface area (Å²) in [6, 6.07) is 36.5. The molecule has 5 aromatic carbocycles. The Morgan fingerprint density at radius 3 is 1.52 bits per heavy atom. The Labute approximate surface area is 234 Å². The Balaban J connectivity index is 1.43. The van der Waals surface area contributed by atoms with Gasteiger partial charge < -0.3 is 0 Å². The minimum Gasteiger partial charge on any atom is -0.208 e. The zero-order valence-corrected chi connectivity index (χ0v) is 23.2. The highest BCUT2D eigenvalue weighted by molar-refractivity contribution is 6.08. The summed E-state index contributed by atoms with van der Waals surface area (Å²) >= 11 is 0. The van der Waals surface area contributed by atoms with Gasteiger partial charge in [-0.1, -0.05) is 119 Å². The molecule has 3 heteroatoms. The first kappa shape index (κ1) is 23.3. The van der Waals surface area contributed by atoms with Gasteiger partial charge in [0, 0.05) is 27.5 Å². The Hall–Kier alpha value is -4.63. The second-order valence-corrected chi connectivity index (χ2v) is 12.1. The van der Waals surface area contributed by atoms with Gasteiger partial charge in [0.15, 0.2) is 17.5 Å². The molecule has 0 saturated heterocycles. The van der Waals surface area contributed by atoms with Crippen LogP contribution < -0.4 is 0 Å². The summed E-state index contributed by atoms with van der Waals surface area (Å²) in [5, 5.41) is 2.73. The van der Waals surface area contributed by atoms with Crippen LogP contribution in [0.15, 0.2) is 103 Å². The molecule has 0 unspecified atom stereocenters. The third-order valence-electron chi connectivity index (χ3n) is 9.08. The molecule has 0 radical (unpaired) electrons. The highest BCUT2D eigenvalue weighted by Gasteiger charge is 2.45. The van der Waals surface area contributed by atoms with Crippen LogP contribution in [0.1, 0.15) is 49.9 Å². The van der Waals surface area contributed by atoms with E-state index < -0.39 is 0 Å². The van der Waals surface area contributed by atoms with E-state index in [1.165, 1.54) is 44.2 Å². The van der Waals surface area contributed by atoms with Crippen LogP contribution in [-0.4, -0.2) is 15.0 Å². The van der Waals surface area contributed by atoms with Crippen molar-refractivity contribution in [2.45, 2.75) is 38.5 Å². The van der Waals surface area contributed by atoms with E-state index in [1.54, 1.807) is 0 Å². The Kier molecular flexibility index (Phi) is 4.63. The minimum atomic E-state index is -0.163. The van der Waals surface area contributed by atoms with Crippen LogP contribution in [0, 0.1) is 0 Å². The predicted octanol–water partition coefficient (Wildman–Crippen LogP) is 8.97. The molecule has 2 aliphatic rings. The maximum absolute atomic E-state index is 5.08. The molecular formula is C37H29N3. The molecule has 0 N–H and O–H groups in total. The smallest absolute Gasteiger partial charge is 0.164 e. The first-order valence-corrected chi connectivity index (χ1v) is 14.0. The van der Waals surface area contributed by atoms with Crippen LogP contribution >= 0.6 is 0 Å². The van der Waals surface area contributed by atoms with Crippen molar-refractivity contribution in [3.05, 3.63) is 125 Å². The fourth-order valence-corrected chi connectivity index (χ4v) is 6.93.